The van der Waals surface area contributed by atoms with Crippen LogP contribution in [0.25, 0.3) is 0 Å². The maximum atomic E-state index is 14.1. The molecule has 3 nitrogen and oxygen atoms in total. The first-order chi connectivity index (χ1) is 8.74. The number of nitrogens with zero attached hydrogens (tertiary/aromatic N) is 1. The van der Waals surface area contributed by atoms with Crippen LogP contribution >= 0.6 is 0 Å². The number of hydrogen-bond acceptors (Lipinski definition) is 3. The topological polar surface area (TPSA) is 24.5 Å². The Kier molecular flexibility index (Phi) is 4.55. The highest BCUT2D eigenvalue weighted by atomic mass is 19.1. The molecule has 1 aliphatic rings. The number of para-hydroxylation sites is 1. The van der Waals surface area contributed by atoms with Gasteiger partial charge in [-0.1, -0.05) is 12.1 Å². The summed E-state index contributed by atoms with van der Waals surface area (Å²) in [6.07, 6.45) is 1.92. The van der Waals surface area contributed by atoms with Crippen LogP contribution in [-0.4, -0.2) is 33.4 Å². The first-order valence-corrected chi connectivity index (χ1v) is 6.46. The Bertz CT molecular complexity index is 391. The van der Waals surface area contributed by atoms with E-state index in [1.807, 2.05) is 20.2 Å². The number of benzene rings is 1. The van der Waals surface area contributed by atoms with Gasteiger partial charge in [0.1, 0.15) is 5.82 Å². The summed E-state index contributed by atoms with van der Waals surface area (Å²) in [5.41, 5.74) is 1.73. The molecule has 0 radical (unpaired) electrons. The van der Waals surface area contributed by atoms with E-state index in [1.165, 1.54) is 6.07 Å². The van der Waals surface area contributed by atoms with Gasteiger partial charge in [-0.2, -0.15) is 0 Å². The predicted octanol–water partition coefficient (Wildman–Crippen LogP) is 2.16. The van der Waals surface area contributed by atoms with E-state index in [0.29, 0.717) is 12.6 Å². The number of nitrogens with one attached hydrogen (secondary N) is 1. The predicted molar refractivity (Wildman–Crippen MR) is 71.4 cm³/mol. The summed E-state index contributed by atoms with van der Waals surface area (Å²) >= 11 is 0. The van der Waals surface area contributed by atoms with Crippen LogP contribution in [0.4, 0.5) is 10.1 Å². The van der Waals surface area contributed by atoms with Crippen molar-refractivity contribution in [1.82, 2.24) is 5.32 Å². The van der Waals surface area contributed by atoms with Crippen molar-refractivity contribution in [3.63, 3.8) is 0 Å². The van der Waals surface area contributed by atoms with Gasteiger partial charge in [-0.25, -0.2) is 4.39 Å². The molecule has 100 valence electrons. The van der Waals surface area contributed by atoms with Gasteiger partial charge in [0.2, 0.25) is 0 Å². The molecule has 1 heterocycles. The minimum absolute atomic E-state index is 0.142. The molecule has 4 heteroatoms. The third-order valence-electron chi connectivity index (χ3n) is 3.53. The first-order valence-electron chi connectivity index (χ1n) is 6.46. The van der Waals surface area contributed by atoms with Crippen LogP contribution in [0.5, 0.6) is 0 Å². The van der Waals surface area contributed by atoms with Gasteiger partial charge in [-0.05, 0) is 31.5 Å². The second-order valence-electron chi connectivity index (χ2n) is 4.73. The highest BCUT2D eigenvalue weighted by Gasteiger charge is 2.22. The van der Waals surface area contributed by atoms with Crippen molar-refractivity contribution in [2.75, 3.05) is 32.2 Å². The molecule has 0 unspecified atom stereocenters. The van der Waals surface area contributed by atoms with E-state index in [-0.39, 0.29) is 5.82 Å². The first kappa shape index (κ1) is 13.3. The monoisotopic (exact) mass is 252 g/mol. The largest absolute Gasteiger partial charge is 0.381 e. The molecule has 0 atom stereocenters. The molecule has 0 amide bonds. The molecule has 18 heavy (non-hydrogen) atoms. The molecule has 2 rings (SSSR count). The van der Waals surface area contributed by atoms with Crippen LogP contribution in [0.15, 0.2) is 18.2 Å². The number of hydrogen-bond donors (Lipinski definition) is 1. The Hall–Kier alpha value is -1.13. The third-order valence-corrected chi connectivity index (χ3v) is 3.53. The van der Waals surface area contributed by atoms with Crippen molar-refractivity contribution in [1.29, 1.82) is 0 Å². The lowest BCUT2D eigenvalue weighted by atomic mass is 10.0. The normalized spacial score (nSPS) is 16.8. The van der Waals surface area contributed by atoms with Crippen LogP contribution < -0.4 is 10.2 Å². The Morgan fingerprint density at radius 2 is 2.11 bits per heavy atom. The quantitative estimate of drug-likeness (QED) is 0.888. The third kappa shape index (κ3) is 2.82. The Balaban J connectivity index is 2.24. The van der Waals surface area contributed by atoms with E-state index in [4.69, 9.17) is 4.74 Å². The standard InChI is InChI=1S/C14H21FN2O/c1-16-10-11-4-3-5-13(15)14(11)17(2)12-6-8-18-9-7-12/h3-5,12,16H,6-10H2,1-2H3. The average Bonchev–Trinajstić information content (AvgIpc) is 2.40. The van der Waals surface area contributed by atoms with E-state index in [1.54, 1.807) is 6.07 Å². The van der Waals surface area contributed by atoms with Crippen molar-refractivity contribution < 1.29 is 9.13 Å². The van der Waals surface area contributed by atoms with Gasteiger partial charge >= 0.3 is 0 Å². The average molecular weight is 252 g/mol. The van der Waals surface area contributed by atoms with Crippen molar-refractivity contribution in [2.24, 2.45) is 0 Å². The zero-order valence-corrected chi connectivity index (χ0v) is 11.1. The highest BCUT2D eigenvalue weighted by Crippen LogP contribution is 2.28. The Labute approximate surface area is 108 Å². The summed E-state index contributed by atoms with van der Waals surface area (Å²) in [6.45, 7) is 2.22. The van der Waals surface area contributed by atoms with Crippen LogP contribution in [0.3, 0.4) is 0 Å². The van der Waals surface area contributed by atoms with Gasteiger partial charge in [0.15, 0.2) is 0 Å². The number of halogens is 1. The van der Waals surface area contributed by atoms with Crippen molar-refractivity contribution in [3.8, 4) is 0 Å². The number of ether oxygens (including phenoxy) is 1. The fourth-order valence-electron chi connectivity index (χ4n) is 2.54. The minimum Gasteiger partial charge on any atom is -0.381 e. The summed E-state index contributed by atoms with van der Waals surface area (Å²) in [4.78, 5) is 2.07. The van der Waals surface area contributed by atoms with Crippen LogP contribution in [0.1, 0.15) is 18.4 Å². The lowest BCUT2D eigenvalue weighted by Crippen LogP contribution is -2.37. The fourth-order valence-corrected chi connectivity index (χ4v) is 2.54. The zero-order valence-electron chi connectivity index (χ0n) is 11.1. The van der Waals surface area contributed by atoms with Gasteiger partial charge in [-0.15, -0.1) is 0 Å². The lowest BCUT2D eigenvalue weighted by Gasteiger charge is -2.34. The van der Waals surface area contributed by atoms with E-state index in [2.05, 4.69) is 10.2 Å². The zero-order chi connectivity index (χ0) is 13.0. The van der Waals surface area contributed by atoms with Gasteiger partial charge in [0.05, 0.1) is 5.69 Å². The second-order valence-corrected chi connectivity index (χ2v) is 4.73. The van der Waals surface area contributed by atoms with E-state index >= 15 is 0 Å². The van der Waals surface area contributed by atoms with Crippen LogP contribution in [0, 0.1) is 5.82 Å². The van der Waals surface area contributed by atoms with Crippen molar-refractivity contribution in [2.45, 2.75) is 25.4 Å². The molecule has 1 N–H and O–H groups in total. The SMILES string of the molecule is CNCc1cccc(F)c1N(C)C1CCOCC1. The molecule has 1 aromatic rings. The molecule has 1 aliphatic heterocycles. The maximum absolute atomic E-state index is 14.1. The van der Waals surface area contributed by atoms with Gasteiger partial charge in [0.25, 0.3) is 0 Å². The Morgan fingerprint density at radius 3 is 2.78 bits per heavy atom. The fraction of sp³-hybridized carbons (Fsp3) is 0.571. The minimum atomic E-state index is -0.142. The summed E-state index contributed by atoms with van der Waals surface area (Å²) in [6, 6.07) is 5.64. The molecule has 1 saturated heterocycles. The molecule has 1 aromatic carbocycles. The molecular formula is C14H21FN2O. The maximum Gasteiger partial charge on any atom is 0.146 e. The lowest BCUT2D eigenvalue weighted by molar-refractivity contribution is 0.0853. The van der Waals surface area contributed by atoms with Crippen LogP contribution in [0.2, 0.25) is 0 Å². The molecule has 0 saturated carbocycles. The van der Waals surface area contributed by atoms with Gasteiger partial charge in [0, 0.05) is 32.8 Å². The summed E-state index contributed by atoms with van der Waals surface area (Å²) in [5.74, 6) is -0.142. The molecular weight excluding hydrogens is 231 g/mol. The Morgan fingerprint density at radius 1 is 1.39 bits per heavy atom. The van der Waals surface area contributed by atoms with Gasteiger partial charge < -0.3 is 15.0 Å². The molecule has 0 aromatic heterocycles. The smallest absolute Gasteiger partial charge is 0.146 e. The van der Waals surface area contributed by atoms with Crippen molar-refractivity contribution >= 4 is 5.69 Å². The summed E-state index contributed by atoms with van der Waals surface area (Å²) in [5, 5.41) is 3.09. The molecule has 0 spiro atoms. The molecule has 1 fully saturated rings. The van der Waals surface area contributed by atoms with Crippen LogP contribution in [-0.2, 0) is 11.3 Å². The van der Waals surface area contributed by atoms with Crippen molar-refractivity contribution in [3.05, 3.63) is 29.6 Å². The molecule has 0 aliphatic carbocycles. The van der Waals surface area contributed by atoms with E-state index < -0.39 is 0 Å². The molecule has 0 bridgehead atoms. The summed E-state index contributed by atoms with van der Waals surface area (Å²) < 4.78 is 19.4. The van der Waals surface area contributed by atoms with Gasteiger partial charge in [-0.3, -0.25) is 0 Å². The number of rotatable bonds is 4. The number of anilines is 1. The van der Waals surface area contributed by atoms with E-state index in [9.17, 15) is 4.39 Å². The summed E-state index contributed by atoms with van der Waals surface area (Å²) in [7, 11) is 3.86. The highest BCUT2D eigenvalue weighted by molar-refractivity contribution is 5.55. The van der Waals surface area contributed by atoms with E-state index in [0.717, 1.165) is 37.3 Å². The second kappa shape index (κ2) is 6.16.